The number of aromatic nitrogens is 4. The molecule has 4 aromatic rings. The van der Waals surface area contributed by atoms with Crippen molar-refractivity contribution in [2.24, 2.45) is 0 Å². The van der Waals surface area contributed by atoms with Gasteiger partial charge in [-0.05, 0) is 37.1 Å². The first-order valence-corrected chi connectivity index (χ1v) is 7.48. The lowest BCUT2D eigenvalue weighted by atomic mass is 10.1. The monoisotopic (exact) mass is 304 g/mol. The number of hydrogen-bond donors (Lipinski definition) is 0. The van der Waals surface area contributed by atoms with E-state index in [1.807, 2.05) is 29.7 Å². The van der Waals surface area contributed by atoms with Gasteiger partial charge in [-0.1, -0.05) is 24.3 Å². The number of fused-ring (bicyclic) bond motifs is 1. The van der Waals surface area contributed by atoms with Gasteiger partial charge in [-0.15, -0.1) is 10.2 Å². The van der Waals surface area contributed by atoms with Gasteiger partial charge in [0.15, 0.2) is 17.3 Å². The average molecular weight is 304 g/mol. The van der Waals surface area contributed by atoms with E-state index in [1.165, 1.54) is 11.1 Å². The van der Waals surface area contributed by atoms with Gasteiger partial charge in [0, 0.05) is 12.5 Å². The van der Waals surface area contributed by atoms with Crippen LogP contribution in [-0.2, 0) is 0 Å². The number of rotatable bonds is 2. The molecule has 2 aromatic carbocycles. The molecule has 114 valence electrons. The standard InChI is InChI=1S/C18H16N4O/c1-11-6-4-7-12(2)17(11)22-10-19-21-18(22)14-8-5-9-15-16(14)20-13(3)23-15/h4-10H,1-3H3. The average Bonchev–Trinajstić information content (AvgIpc) is 3.12. The van der Waals surface area contributed by atoms with Gasteiger partial charge in [0.1, 0.15) is 11.8 Å². The van der Waals surface area contributed by atoms with E-state index < -0.39 is 0 Å². The highest BCUT2D eigenvalue weighted by molar-refractivity contribution is 5.89. The summed E-state index contributed by atoms with van der Waals surface area (Å²) in [5.74, 6) is 1.41. The van der Waals surface area contributed by atoms with Crippen molar-refractivity contribution in [1.29, 1.82) is 0 Å². The number of hydrogen-bond acceptors (Lipinski definition) is 4. The topological polar surface area (TPSA) is 56.7 Å². The predicted molar refractivity (Wildman–Crippen MR) is 88.6 cm³/mol. The zero-order valence-corrected chi connectivity index (χ0v) is 13.2. The lowest BCUT2D eigenvalue weighted by molar-refractivity contribution is 0.561. The van der Waals surface area contributed by atoms with Gasteiger partial charge >= 0.3 is 0 Å². The Labute approximate surface area is 133 Å². The molecule has 0 aliphatic rings. The van der Waals surface area contributed by atoms with Crippen LogP contribution in [0.25, 0.3) is 28.2 Å². The number of oxazole rings is 1. The molecule has 0 unspecified atom stereocenters. The van der Waals surface area contributed by atoms with Gasteiger partial charge in [0.25, 0.3) is 0 Å². The Morgan fingerprint density at radius 1 is 0.957 bits per heavy atom. The van der Waals surface area contributed by atoms with Crippen LogP contribution in [0.3, 0.4) is 0 Å². The van der Waals surface area contributed by atoms with Crippen molar-refractivity contribution >= 4 is 11.1 Å². The molecular formula is C18H16N4O. The summed E-state index contributed by atoms with van der Waals surface area (Å²) in [5, 5.41) is 8.46. The van der Waals surface area contributed by atoms with E-state index in [9.17, 15) is 0 Å². The summed E-state index contributed by atoms with van der Waals surface area (Å²) in [6, 6.07) is 12.1. The molecule has 0 aliphatic heterocycles. The highest BCUT2D eigenvalue weighted by atomic mass is 16.3. The molecule has 0 atom stereocenters. The van der Waals surface area contributed by atoms with Crippen molar-refractivity contribution in [2.75, 3.05) is 0 Å². The normalized spacial score (nSPS) is 11.3. The van der Waals surface area contributed by atoms with Crippen LogP contribution in [-0.4, -0.2) is 19.7 Å². The molecule has 2 heterocycles. The van der Waals surface area contributed by atoms with Crippen LogP contribution < -0.4 is 0 Å². The van der Waals surface area contributed by atoms with Crippen molar-refractivity contribution in [3.8, 4) is 17.1 Å². The highest BCUT2D eigenvalue weighted by Gasteiger charge is 2.17. The summed E-state index contributed by atoms with van der Waals surface area (Å²) in [5.41, 5.74) is 5.94. The molecule has 5 nitrogen and oxygen atoms in total. The Bertz CT molecular complexity index is 993. The zero-order chi connectivity index (χ0) is 16.0. The van der Waals surface area contributed by atoms with Crippen LogP contribution in [0.4, 0.5) is 0 Å². The van der Waals surface area contributed by atoms with Crippen LogP contribution >= 0.6 is 0 Å². The second kappa shape index (κ2) is 5.05. The Morgan fingerprint density at radius 2 is 1.70 bits per heavy atom. The fourth-order valence-corrected chi connectivity index (χ4v) is 3.01. The quantitative estimate of drug-likeness (QED) is 0.561. The molecule has 23 heavy (non-hydrogen) atoms. The van der Waals surface area contributed by atoms with Crippen molar-refractivity contribution in [3.05, 3.63) is 59.7 Å². The van der Waals surface area contributed by atoms with Crippen molar-refractivity contribution < 1.29 is 4.42 Å². The Balaban J connectivity index is 2.00. The van der Waals surface area contributed by atoms with E-state index in [1.54, 1.807) is 6.33 Å². The van der Waals surface area contributed by atoms with Crippen LogP contribution in [0, 0.1) is 20.8 Å². The molecule has 0 aliphatic carbocycles. The molecule has 0 amide bonds. The highest BCUT2D eigenvalue weighted by Crippen LogP contribution is 2.30. The van der Waals surface area contributed by atoms with E-state index in [0.29, 0.717) is 5.89 Å². The first-order chi connectivity index (χ1) is 11.1. The zero-order valence-electron chi connectivity index (χ0n) is 13.2. The molecular weight excluding hydrogens is 288 g/mol. The Hall–Kier alpha value is -2.95. The summed E-state index contributed by atoms with van der Waals surface area (Å²) in [4.78, 5) is 4.50. The van der Waals surface area contributed by atoms with Crippen molar-refractivity contribution in [2.45, 2.75) is 20.8 Å². The molecule has 2 aromatic heterocycles. The van der Waals surface area contributed by atoms with E-state index in [4.69, 9.17) is 4.42 Å². The molecule has 4 rings (SSSR count). The number of para-hydroxylation sites is 2. The minimum Gasteiger partial charge on any atom is -0.441 e. The summed E-state index contributed by atoms with van der Waals surface area (Å²) in [7, 11) is 0. The molecule has 0 radical (unpaired) electrons. The second-order valence-electron chi connectivity index (χ2n) is 5.65. The maximum absolute atomic E-state index is 5.63. The van der Waals surface area contributed by atoms with Gasteiger partial charge in [0.2, 0.25) is 0 Å². The number of aryl methyl sites for hydroxylation is 3. The summed E-state index contributed by atoms with van der Waals surface area (Å²) in [6.45, 7) is 6.03. The molecule has 0 spiro atoms. The maximum Gasteiger partial charge on any atom is 0.192 e. The smallest absolute Gasteiger partial charge is 0.192 e. The maximum atomic E-state index is 5.63. The summed E-state index contributed by atoms with van der Waals surface area (Å²) in [6.07, 6.45) is 1.75. The molecule has 0 fully saturated rings. The third-order valence-corrected chi connectivity index (χ3v) is 3.99. The van der Waals surface area contributed by atoms with E-state index >= 15 is 0 Å². The third-order valence-electron chi connectivity index (χ3n) is 3.99. The summed E-state index contributed by atoms with van der Waals surface area (Å²) >= 11 is 0. The van der Waals surface area contributed by atoms with E-state index in [-0.39, 0.29) is 0 Å². The second-order valence-corrected chi connectivity index (χ2v) is 5.65. The van der Waals surface area contributed by atoms with Crippen LogP contribution in [0.15, 0.2) is 47.1 Å². The van der Waals surface area contributed by atoms with Crippen LogP contribution in [0.2, 0.25) is 0 Å². The molecule has 0 N–H and O–H groups in total. The number of nitrogens with zero attached hydrogens (tertiary/aromatic N) is 4. The van der Waals surface area contributed by atoms with Crippen LogP contribution in [0.5, 0.6) is 0 Å². The van der Waals surface area contributed by atoms with Crippen molar-refractivity contribution in [3.63, 3.8) is 0 Å². The lowest BCUT2D eigenvalue weighted by Gasteiger charge is -2.12. The van der Waals surface area contributed by atoms with E-state index in [2.05, 4.69) is 47.2 Å². The predicted octanol–water partition coefficient (Wildman–Crippen LogP) is 4.00. The van der Waals surface area contributed by atoms with Gasteiger partial charge in [-0.2, -0.15) is 0 Å². The fourth-order valence-electron chi connectivity index (χ4n) is 3.01. The first kappa shape index (κ1) is 13.7. The van der Waals surface area contributed by atoms with Gasteiger partial charge in [0.05, 0.1) is 5.69 Å². The lowest BCUT2D eigenvalue weighted by Crippen LogP contribution is -2.01. The third kappa shape index (κ3) is 2.12. The van der Waals surface area contributed by atoms with Gasteiger partial charge in [-0.25, -0.2) is 4.98 Å². The van der Waals surface area contributed by atoms with Gasteiger partial charge < -0.3 is 4.42 Å². The molecule has 5 heteroatoms. The van der Waals surface area contributed by atoms with Crippen molar-refractivity contribution in [1.82, 2.24) is 19.7 Å². The SMILES string of the molecule is Cc1nc2c(-c3nncn3-c3c(C)cccc3C)cccc2o1. The fraction of sp³-hybridized carbons (Fsp3) is 0.167. The minimum absolute atomic E-state index is 0.644. The number of benzene rings is 2. The molecule has 0 saturated heterocycles. The minimum atomic E-state index is 0.644. The molecule has 0 saturated carbocycles. The Kier molecular flexibility index (Phi) is 3.01. The largest absolute Gasteiger partial charge is 0.441 e. The van der Waals surface area contributed by atoms with Crippen LogP contribution in [0.1, 0.15) is 17.0 Å². The van der Waals surface area contributed by atoms with E-state index in [0.717, 1.165) is 28.2 Å². The first-order valence-electron chi connectivity index (χ1n) is 7.48. The van der Waals surface area contributed by atoms with Gasteiger partial charge in [-0.3, -0.25) is 4.57 Å². The molecule has 0 bridgehead atoms. The Morgan fingerprint density at radius 3 is 2.48 bits per heavy atom. The summed E-state index contributed by atoms with van der Waals surface area (Å²) < 4.78 is 7.65.